The lowest BCUT2D eigenvalue weighted by Crippen LogP contribution is -2.25. The van der Waals surface area contributed by atoms with E-state index in [-0.39, 0.29) is 17.2 Å². The number of anilines is 1. The summed E-state index contributed by atoms with van der Waals surface area (Å²) in [5, 5.41) is 4.61. The van der Waals surface area contributed by atoms with Gasteiger partial charge in [-0.15, -0.1) is 0 Å². The van der Waals surface area contributed by atoms with E-state index >= 15 is 0 Å². The molecule has 152 valence electrons. The fraction of sp³-hybridized carbons (Fsp3) is 0.318. The minimum atomic E-state index is -0.168. The van der Waals surface area contributed by atoms with Gasteiger partial charge in [0.15, 0.2) is 5.16 Å². The number of aryl methyl sites for hydroxylation is 1. The Morgan fingerprint density at radius 1 is 1.24 bits per heavy atom. The molecule has 1 aromatic heterocycles. The minimum Gasteiger partial charge on any atom is -0.325 e. The molecule has 0 atom stereocenters. The van der Waals surface area contributed by atoms with Gasteiger partial charge in [-0.3, -0.25) is 14.2 Å². The van der Waals surface area contributed by atoms with E-state index in [4.69, 9.17) is 11.6 Å². The Morgan fingerprint density at radius 3 is 2.76 bits per heavy atom. The Morgan fingerprint density at radius 2 is 2.00 bits per heavy atom. The molecule has 1 N–H and O–H groups in total. The number of carbonyl (C=O) groups is 1. The van der Waals surface area contributed by atoms with Crippen molar-refractivity contribution in [2.24, 2.45) is 5.92 Å². The number of hydrogen-bond acceptors (Lipinski definition) is 4. The van der Waals surface area contributed by atoms with Gasteiger partial charge in [-0.05, 0) is 49.1 Å². The number of nitrogens with one attached hydrogen (secondary N) is 1. The Bertz CT molecular complexity index is 1100. The average molecular weight is 430 g/mol. The molecule has 0 aliphatic rings. The summed E-state index contributed by atoms with van der Waals surface area (Å²) >= 11 is 7.29. The van der Waals surface area contributed by atoms with Crippen molar-refractivity contribution in [3.63, 3.8) is 0 Å². The molecule has 7 heteroatoms. The van der Waals surface area contributed by atoms with Gasteiger partial charge in [0.2, 0.25) is 5.91 Å². The lowest BCUT2D eigenvalue weighted by molar-refractivity contribution is -0.113. The summed E-state index contributed by atoms with van der Waals surface area (Å²) in [6.07, 6.45) is 0.862. The van der Waals surface area contributed by atoms with Gasteiger partial charge in [0, 0.05) is 17.3 Å². The number of halogens is 1. The third-order valence-electron chi connectivity index (χ3n) is 4.56. The van der Waals surface area contributed by atoms with Crippen LogP contribution >= 0.6 is 23.4 Å². The van der Waals surface area contributed by atoms with Crippen LogP contribution in [0.2, 0.25) is 5.02 Å². The summed E-state index contributed by atoms with van der Waals surface area (Å²) in [5.74, 6) is 0.441. The Labute approximate surface area is 179 Å². The highest BCUT2D eigenvalue weighted by Gasteiger charge is 2.14. The van der Waals surface area contributed by atoms with Crippen molar-refractivity contribution in [3.8, 4) is 0 Å². The number of rotatable bonds is 7. The fourth-order valence-electron chi connectivity index (χ4n) is 2.89. The number of nitrogens with zero attached hydrogens (tertiary/aromatic N) is 2. The summed E-state index contributed by atoms with van der Waals surface area (Å²) in [6.45, 7) is 6.72. The molecular weight excluding hydrogens is 406 g/mol. The van der Waals surface area contributed by atoms with Crippen LogP contribution in [0.3, 0.4) is 0 Å². The molecule has 0 fully saturated rings. The number of carbonyl (C=O) groups excluding carboxylic acids is 1. The van der Waals surface area contributed by atoms with Gasteiger partial charge in [-0.25, -0.2) is 4.98 Å². The maximum atomic E-state index is 13.0. The van der Waals surface area contributed by atoms with E-state index in [2.05, 4.69) is 24.1 Å². The molecule has 29 heavy (non-hydrogen) atoms. The lowest BCUT2D eigenvalue weighted by Gasteiger charge is -2.14. The third kappa shape index (κ3) is 5.40. The van der Waals surface area contributed by atoms with Gasteiger partial charge in [0.1, 0.15) is 0 Å². The first kappa shape index (κ1) is 21.4. The first-order chi connectivity index (χ1) is 13.8. The topological polar surface area (TPSA) is 64.0 Å². The second-order valence-corrected chi connectivity index (χ2v) is 8.73. The molecule has 0 saturated heterocycles. The molecular formula is C22H24ClN3O2S. The molecule has 0 aliphatic carbocycles. The number of benzene rings is 2. The van der Waals surface area contributed by atoms with Crippen molar-refractivity contribution in [3.05, 3.63) is 63.4 Å². The second-order valence-electron chi connectivity index (χ2n) is 7.35. The molecule has 5 nitrogen and oxygen atoms in total. The van der Waals surface area contributed by atoms with Crippen molar-refractivity contribution in [1.82, 2.24) is 9.55 Å². The van der Waals surface area contributed by atoms with Gasteiger partial charge in [-0.2, -0.15) is 0 Å². The Balaban J connectivity index is 1.82. The predicted molar refractivity (Wildman–Crippen MR) is 121 cm³/mol. The van der Waals surface area contributed by atoms with Crippen LogP contribution in [0, 0.1) is 12.8 Å². The maximum absolute atomic E-state index is 13.0. The molecule has 1 heterocycles. The van der Waals surface area contributed by atoms with Crippen LogP contribution < -0.4 is 10.9 Å². The monoisotopic (exact) mass is 429 g/mol. The fourth-order valence-corrected chi connectivity index (χ4v) is 3.89. The zero-order valence-corrected chi connectivity index (χ0v) is 18.3. The number of para-hydroxylation sites is 1. The number of aromatic nitrogens is 2. The van der Waals surface area contributed by atoms with Crippen LogP contribution in [0.4, 0.5) is 5.69 Å². The van der Waals surface area contributed by atoms with Gasteiger partial charge in [0.05, 0.1) is 16.7 Å². The van der Waals surface area contributed by atoms with Crippen LogP contribution in [-0.2, 0) is 11.3 Å². The summed E-state index contributed by atoms with van der Waals surface area (Å²) < 4.78 is 1.69. The van der Waals surface area contributed by atoms with Gasteiger partial charge < -0.3 is 5.32 Å². The molecule has 1 amide bonds. The molecule has 3 rings (SSSR count). The number of fused-ring (bicyclic) bond motifs is 1. The highest BCUT2D eigenvalue weighted by atomic mass is 35.5. The van der Waals surface area contributed by atoms with E-state index in [1.54, 1.807) is 22.8 Å². The van der Waals surface area contributed by atoms with Crippen LogP contribution in [0.15, 0.2) is 52.4 Å². The van der Waals surface area contributed by atoms with Crippen molar-refractivity contribution >= 4 is 45.9 Å². The van der Waals surface area contributed by atoms with Gasteiger partial charge in [0.25, 0.3) is 5.56 Å². The van der Waals surface area contributed by atoms with E-state index < -0.39 is 0 Å². The van der Waals surface area contributed by atoms with Crippen molar-refractivity contribution in [1.29, 1.82) is 0 Å². The normalized spacial score (nSPS) is 11.2. The van der Waals surface area contributed by atoms with E-state index in [1.807, 2.05) is 31.2 Å². The summed E-state index contributed by atoms with van der Waals surface area (Å²) in [5.41, 5.74) is 2.20. The third-order valence-corrected chi connectivity index (χ3v) is 5.77. The Hall–Kier alpha value is -2.31. The maximum Gasteiger partial charge on any atom is 0.262 e. The molecule has 0 spiro atoms. The van der Waals surface area contributed by atoms with Crippen LogP contribution in [0.5, 0.6) is 0 Å². The number of hydrogen-bond donors (Lipinski definition) is 1. The van der Waals surface area contributed by atoms with E-state index in [0.29, 0.717) is 39.2 Å². The highest BCUT2D eigenvalue weighted by molar-refractivity contribution is 7.99. The van der Waals surface area contributed by atoms with Crippen LogP contribution in [-0.4, -0.2) is 21.2 Å². The smallest absolute Gasteiger partial charge is 0.262 e. The molecule has 0 radical (unpaired) electrons. The SMILES string of the molecule is Cc1ccc(Cl)cc1NC(=O)CSc1nc2ccccc2c(=O)n1CCC(C)C. The number of amides is 1. The van der Waals surface area contributed by atoms with Crippen LogP contribution in [0.1, 0.15) is 25.8 Å². The molecule has 0 saturated carbocycles. The molecule has 0 unspecified atom stereocenters. The Kier molecular flexibility index (Phi) is 6.98. The molecule has 0 bridgehead atoms. The van der Waals surface area contributed by atoms with Crippen LogP contribution in [0.25, 0.3) is 10.9 Å². The first-order valence-electron chi connectivity index (χ1n) is 9.53. The minimum absolute atomic E-state index is 0.0650. The van der Waals surface area contributed by atoms with E-state index in [9.17, 15) is 9.59 Å². The van der Waals surface area contributed by atoms with Crippen molar-refractivity contribution < 1.29 is 4.79 Å². The first-order valence-corrected chi connectivity index (χ1v) is 10.9. The zero-order valence-electron chi connectivity index (χ0n) is 16.7. The summed E-state index contributed by atoms with van der Waals surface area (Å²) in [4.78, 5) is 30.1. The standard InChI is InChI=1S/C22H24ClN3O2S/c1-14(2)10-11-26-21(28)17-6-4-5-7-18(17)25-22(26)29-13-20(27)24-19-12-16(23)9-8-15(19)3/h4-9,12,14H,10-11,13H2,1-3H3,(H,24,27). The summed E-state index contributed by atoms with van der Waals surface area (Å²) in [6, 6.07) is 12.7. The zero-order chi connectivity index (χ0) is 21.0. The van der Waals surface area contributed by atoms with Crippen molar-refractivity contribution in [2.75, 3.05) is 11.1 Å². The van der Waals surface area contributed by atoms with Gasteiger partial charge in [-0.1, -0.05) is 55.4 Å². The lowest BCUT2D eigenvalue weighted by atomic mass is 10.1. The average Bonchev–Trinajstić information content (AvgIpc) is 2.68. The quantitative estimate of drug-likeness (QED) is 0.417. The molecule has 0 aliphatic heterocycles. The largest absolute Gasteiger partial charge is 0.325 e. The second kappa shape index (κ2) is 9.46. The van der Waals surface area contributed by atoms with E-state index in [1.165, 1.54) is 11.8 Å². The van der Waals surface area contributed by atoms with Crippen molar-refractivity contribution in [2.45, 2.75) is 38.9 Å². The number of thioether (sulfide) groups is 1. The van der Waals surface area contributed by atoms with E-state index in [0.717, 1.165) is 12.0 Å². The predicted octanol–water partition coefficient (Wildman–Crippen LogP) is 5.14. The van der Waals surface area contributed by atoms with Gasteiger partial charge >= 0.3 is 0 Å². The molecule has 3 aromatic rings. The highest BCUT2D eigenvalue weighted by Crippen LogP contribution is 2.22. The summed E-state index contributed by atoms with van der Waals surface area (Å²) in [7, 11) is 0. The molecule has 2 aromatic carbocycles.